The molecule has 3 rings (SSSR count). The lowest BCUT2D eigenvalue weighted by Gasteiger charge is -1.96. The van der Waals surface area contributed by atoms with Crippen molar-refractivity contribution in [2.75, 3.05) is 0 Å². The van der Waals surface area contributed by atoms with Gasteiger partial charge in [0.1, 0.15) is 0 Å². The summed E-state index contributed by atoms with van der Waals surface area (Å²) in [5, 5.41) is 4.37. The van der Waals surface area contributed by atoms with Crippen LogP contribution >= 0.6 is 28.3 Å². The summed E-state index contributed by atoms with van der Waals surface area (Å²) in [7, 11) is 0. The highest BCUT2D eigenvalue weighted by Crippen LogP contribution is 2.33. The SMILES string of the molecule is O=c1[nH]c(-c2cn(SF)c3ccc(Br)cc23)no1. The van der Waals surface area contributed by atoms with Gasteiger partial charge in [-0.25, -0.2) is 4.79 Å². The average Bonchev–Trinajstić information content (AvgIpc) is 2.92. The van der Waals surface area contributed by atoms with Crippen molar-refractivity contribution in [1.29, 1.82) is 0 Å². The van der Waals surface area contributed by atoms with E-state index >= 15 is 0 Å². The van der Waals surface area contributed by atoms with Crippen molar-refractivity contribution >= 4 is 39.2 Å². The van der Waals surface area contributed by atoms with Crippen LogP contribution in [0.5, 0.6) is 0 Å². The van der Waals surface area contributed by atoms with Crippen LogP contribution in [0.3, 0.4) is 0 Å². The summed E-state index contributed by atoms with van der Waals surface area (Å²) in [6.07, 6.45) is 1.55. The lowest BCUT2D eigenvalue weighted by molar-refractivity contribution is 0.388. The fraction of sp³-hybridized carbons (Fsp3) is 0. The van der Waals surface area contributed by atoms with Crippen LogP contribution in [-0.4, -0.2) is 14.1 Å². The van der Waals surface area contributed by atoms with E-state index in [4.69, 9.17) is 0 Å². The van der Waals surface area contributed by atoms with Crippen molar-refractivity contribution in [3.8, 4) is 11.4 Å². The van der Waals surface area contributed by atoms with E-state index in [1.54, 1.807) is 12.3 Å². The summed E-state index contributed by atoms with van der Waals surface area (Å²) in [6.45, 7) is 0. The molecule has 1 aromatic carbocycles. The topological polar surface area (TPSA) is 63.8 Å². The summed E-state index contributed by atoms with van der Waals surface area (Å²) in [5.74, 6) is -0.371. The highest BCUT2D eigenvalue weighted by molar-refractivity contribution is 9.10. The van der Waals surface area contributed by atoms with Crippen LogP contribution in [0.2, 0.25) is 0 Å². The Morgan fingerprint density at radius 2 is 2.33 bits per heavy atom. The fourth-order valence-electron chi connectivity index (χ4n) is 1.76. The Hall–Kier alpha value is -1.54. The van der Waals surface area contributed by atoms with Gasteiger partial charge in [-0.2, -0.15) is 0 Å². The molecule has 0 amide bonds. The van der Waals surface area contributed by atoms with Crippen LogP contribution in [-0.2, 0) is 0 Å². The molecule has 2 aromatic heterocycles. The van der Waals surface area contributed by atoms with E-state index in [9.17, 15) is 8.68 Å². The van der Waals surface area contributed by atoms with Crippen molar-refractivity contribution in [1.82, 2.24) is 14.1 Å². The molecule has 0 radical (unpaired) electrons. The van der Waals surface area contributed by atoms with Gasteiger partial charge in [-0.3, -0.25) is 13.5 Å². The zero-order valence-electron chi connectivity index (χ0n) is 8.68. The van der Waals surface area contributed by atoms with Gasteiger partial charge in [0.15, 0.2) is 18.2 Å². The lowest BCUT2D eigenvalue weighted by atomic mass is 10.2. The summed E-state index contributed by atoms with van der Waals surface area (Å²) >= 11 is 3.43. The van der Waals surface area contributed by atoms with E-state index < -0.39 is 5.76 Å². The zero-order chi connectivity index (χ0) is 12.7. The van der Waals surface area contributed by atoms with E-state index in [1.807, 2.05) is 12.1 Å². The number of nitrogens with zero attached hydrogens (tertiary/aromatic N) is 2. The number of halogens is 2. The predicted molar refractivity (Wildman–Crippen MR) is 69.9 cm³/mol. The van der Waals surface area contributed by atoms with E-state index in [0.29, 0.717) is 11.1 Å². The first-order chi connectivity index (χ1) is 8.69. The van der Waals surface area contributed by atoms with Crippen molar-refractivity contribution < 1.29 is 8.41 Å². The van der Waals surface area contributed by atoms with Crippen LogP contribution < -0.4 is 5.76 Å². The number of hydrogen-bond donors (Lipinski definition) is 1. The van der Waals surface area contributed by atoms with Gasteiger partial charge in [-0.1, -0.05) is 21.1 Å². The van der Waals surface area contributed by atoms with Crippen molar-refractivity contribution in [3.63, 3.8) is 0 Å². The normalized spacial score (nSPS) is 11.2. The molecule has 5 nitrogen and oxygen atoms in total. The minimum Gasteiger partial charge on any atom is -0.296 e. The maximum Gasteiger partial charge on any atom is 0.439 e. The summed E-state index contributed by atoms with van der Waals surface area (Å²) in [6, 6.07) is 5.41. The zero-order valence-corrected chi connectivity index (χ0v) is 11.1. The number of H-pyrrole nitrogens is 1. The summed E-state index contributed by atoms with van der Waals surface area (Å²) in [5.41, 5.74) is 1.28. The van der Waals surface area contributed by atoms with Gasteiger partial charge >= 0.3 is 5.76 Å². The van der Waals surface area contributed by atoms with Crippen molar-refractivity contribution in [2.24, 2.45) is 0 Å². The van der Waals surface area contributed by atoms with Crippen LogP contribution in [0.1, 0.15) is 0 Å². The Balaban J connectivity index is 2.35. The van der Waals surface area contributed by atoms with Crippen LogP contribution in [0.4, 0.5) is 3.89 Å². The van der Waals surface area contributed by atoms with Gasteiger partial charge < -0.3 is 0 Å². The van der Waals surface area contributed by atoms with Crippen molar-refractivity contribution in [3.05, 3.63) is 39.4 Å². The van der Waals surface area contributed by atoms with Gasteiger partial charge in [0.2, 0.25) is 0 Å². The van der Waals surface area contributed by atoms with Crippen LogP contribution in [0.25, 0.3) is 22.3 Å². The number of aromatic amines is 1. The average molecular weight is 330 g/mol. The van der Waals surface area contributed by atoms with Crippen LogP contribution in [0, 0.1) is 0 Å². The molecule has 0 aliphatic heterocycles. The highest BCUT2D eigenvalue weighted by Gasteiger charge is 2.14. The Labute approximate surface area is 113 Å². The smallest absolute Gasteiger partial charge is 0.296 e. The number of rotatable bonds is 2. The van der Waals surface area contributed by atoms with Gasteiger partial charge in [-0.05, 0) is 18.2 Å². The third kappa shape index (κ3) is 1.77. The lowest BCUT2D eigenvalue weighted by Crippen LogP contribution is -1.94. The fourth-order valence-corrected chi connectivity index (χ4v) is 2.50. The third-order valence-corrected chi connectivity index (χ3v) is 3.45. The molecule has 18 heavy (non-hydrogen) atoms. The van der Waals surface area contributed by atoms with E-state index in [1.165, 1.54) is 3.97 Å². The monoisotopic (exact) mass is 329 g/mol. The molecule has 3 aromatic rings. The maximum absolute atomic E-state index is 12.8. The molecule has 92 valence electrons. The molecule has 0 fully saturated rings. The number of benzene rings is 1. The van der Waals surface area contributed by atoms with Crippen LogP contribution in [0.15, 0.2) is 38.2 Å². The Kier molecular flexibility index (Phi) is 2.75. The largest absolute Gasteiger partial charge is 0.439 e. The number of fused-ring (bicyclic) bond motifs is 1. The molecule has 8 heteroatoms. The maximum atomic E-state index is 12.8. The molecule has 0 bridgehead atoms. The minimum atomic E-state index is -0.645. The number of hydrogen-bond acceptors (Lipinski definition) is 4. The Bertz CT molecular complexity index is 779. The summed E-state index contributed by atoms with van der Waals surface area (Å²) in [4.78, 5) is 13.4. The third-order valence-electron chi connectivity index (χ3n) is 2.50. The molecule has 0 saturated carbocycles. The molecule has 1 N–H and O–H groups in total. The predicted octanol–water partition coefficient (Wildman–Crippen LogP) is 3.13. The van der Waals surface area contributed by atoms with Crippen molar-refractivity contribution in [2.45, 2.75) is 0 Å². The molecular weight excluding hydrogens is 325 g/mol. The molecule has 0 aliphatic rings. The first kappa shape index (κ1) is 11.5. The molecule has 0 unspecified atom stereocenters. The Morgan fingerprint density at radius 1 is 1.50 bits per heavy atom. The number of nitrogens with one attached hydrogen (secondary N) is 1. The molecule has 2 heterocycles. The van der Waals surface area contributed by atoms with Gasteiger partial charge in [0.25, 0.3) is 0 Å². The summed E-state index contributed by atoms with van der Waals surface area (Å²) < 4.78 is 19.5. The number of aromatic nitrogens is 3. The van der Waals surface area contributed by atoms with E-state index in [2.05, 4.69) is 30.6 Å². The first-order valence-electron chi connectivity index (χ1n) is 4.85. The quantitative estimate of drug-likeness (QED) is 0.784. The molecule has 0 atom stereocenters. The second kappa shape index (κ2) is 4.29. The molecule has 0 saturated heterocycles. The second-order valence-electron chi connectivity index (χ2n) is 3.54. The van der Waals surface area contributed by atoms with Gasteiger partial charge in [0, 0.05) is 21.6 Å². The van der Waals surface area contributed by atoms with Gasteiger partial charge in [0.05, 0.1) is 5.52 Å². The first-order valence-corrected chi connectivity index (χ1v) is 6.32. The standard InChI is InChI=1S/C10H5BrFN3O2S/c11-5-1-2-8-6(3-5)7(4-15(8)18-12)9-13-10(16)17-14-9/h1-4H,(H,13,14,16). The second-order valence-corrected chi connectivity index (χ2v) is 4.99. The minimum absolute atomic E-state index is 0.0774. The highest BCUT2D eigenvalue weighted by atomic mass is 79.9. The van der Waals surface area contributed by atoms with Gasteiger partial charge in [-0.15, -0.1) is 3.89 Å². The van der Waals surface area contributed by atoms with E-state index in [-0.39, 0.29) is 18.2 Å². The molecule has 0 spiro atoms. The van der Waals surface area contributed by atoms with E-state index in [0.717, 1.165) is 9.86 Å². The molecular formula is C10H5BrFN3O2S. The Morgan fingerprint density at radius 3 is 3.00 bits per heavy atom. The molecule has 0 aliphatic carbocycles.